The Morgan fingerprint density at radius 3 is 2.62 bits per heavy atom. The number of sulfonamides is 1. The average Bonchev–Trinajstić information content (AvgIpc) is 2.54. The summed E-state index contributed by atoms with van der Waals surface area (Å²) in [4.78, 5) is 10.0. The van der Waals surface area contributed by atoms with Crippen LogP contribution in [0.25, 0.3) is 0 Å². The van der Waals surface area contributed by atoms with Crippen LogP contribution in [0.5, 0.6) is 5.75 Å². The van der Waals surface area contributed by atoms with Crippen LogP contribution in [0.1, 0.15) is 5.56 Å². The second-order valence-corrected chi connectivity index (χ2v) is 6.15. The van der Waals surface area contributed by atoms with E-state index in [1.165, 1.54) is 19.4 Å². The smallest absolute Gasteiger partial charge is 0.295 e. The molecule has 0 aliphatic heterocycles. The Morgan fingerprint density at radius 1 is 1.29 bits per heavy atom. The van der Waals surface area contributed by atoms with Gasteiger partial charge in [-0.2, -0.15) is 5.10 Å². The number of ether oxygens (including phenoxy) is 1. The first-order chi connectivity index (χ1) is 11.3. The van der Waals surface area contributed by atoms with Crippen molar-refractivity contribution in [3.05, 3.63) is 58.1 Å². The second-order valence-electron chi connectivity index (χ2n) is 4.59. The molecule has 0 bridgehead atoms. The maximum absolute atomic E-state index is 11.3. The quantitative estimate of drug-likeness (QED) is 0.462. The number of methoxy groups -OCH3 is 1. The molecule has 2 aromatic carbocycles. The van der Waals surface area contributed by atoms with Crippen LogP contribution in [0, 0.1) is 10.1 Å². The Labute approximate surface area is 138 Å². The van der Waals surface area contributed by atoms with Gasteiger partial charge in [-0.05, 0) is 24.3 Å². The van der Waals surface area contributed by atoms with Gasteiger partial charge in [0.25, 0.3) is 5.69 Å². The molecular weight excluding hydrogens is 336 g/mol. The average molecular weight is 350 g/mol. The van der Waals surface area contributed by atoms with E-state index >= 15 is 0 Å². The lowest BCUT2D eigenvalue weighted by molar-refractivity contribution is -0.384. The van der Waals surface area contributed by atoms with E-state index in [0.717, 1.165) is 12.1 Å². The molecular formula is C14H14N4O5S. The summed E-state index contributed by atoms with van der Waals surface area (Å²) in [5, 5.41) is 20.0. The molecule has 3 N–H and O–H groups in total. The van der Waals surface area contributed by atoms with Crippen LogP contribution in [0.4, 0.5) is 11.4 Å². The number of rotatable bonds is 6. The summed E-state index contributed by atoms with van der Waals surface area (Å²) in [7, 11) is -2.52. The lowest BCUT2D eigenvalue weighted by Crippen LogP contribution is -2.12. The lowest BCUT2D eigenvalue weighted by Gasteiger charge is -2.05. The molecule has 0 radical (unpaired) electrons. The molecule has 0 amide bonds. The first-order valence-electron chi connectivity index (χ1n) is 6.56. The standard InChI is InChI=1S/C14H14N4O5S/c1-23-14-5-3-2-4-10(14)9-16-17-12-7-6-11(24(15,21)22)8-13(12)18(19)20/h2-9,17H,1H3,(H2,15,21,22)/b16-9+. The minimum atomic E-state index is -4.04. The van der Waals surface area contributed by atoms with Gasteiger partial charge in [-0.3, -0.25) is 15.5 Å². The van der Waals surface area contributed by atoms with E-state index < -0.39 is 20.6 Å². The highest BCUT2D eigenvalue weighted by atomic mass is 32.2. The number of primary sulfonamides is 1. The Balaban J connectivity index is 2.29. The fourth-order valence-corrected chi connectivity index (χ4v) is 2.41. The molecule has 2 aromatic rings. The molecule has 10 heteroatoms. The van der Waals surface area contributed by atoms with E-state index in [1.54, 1.807) is 24.3 Å². The van der Waals surface area contributed by atoms with Crippen molar-refractivity contribution in [2.45, 2.75) is 4.90 Å². The highest BCUT2D eigenvalue weighted by molar-refractivity contribution is 7.89. The number of hydrogen-bond acceptors (Lipinski definition) is 7. The van der Waals surface area contributed by atoms with E-state index in [4.69, 9.17) is 9.88 Å². The van der Waals surface area contributed by atoms with Crippen LogP contribution in [-0.2, 0) is 10.0 Å². The molecule has 0 spiro atoms. The van der Waals surface area contributed by atoms with E-state index in [-0.39, 0.29) is 10.6 Å². The van der Waals surface area contributed by atoms with E-state index in [1.807, 2.05) is 0 Å². The molecule has 2 rings (SSSR count). The largest absolute Gasteiger partial charge is 0.496 e. The number of anilines is 1. The molecule has 126 valence electrons. The van der Waals surface area contributed by atoms with Crippen LogP contribution in [0.3, 0.4) is 0 Å². The van der Waals surface area contributed by atoms with Gasteiger partial charge in [0.1, 0.15) is 11.4 Å². The Hall–Kier alpha value is -2.98. The van der Waals surface area contributed by atoms with Crippen molar-refractivity contribution >= 4 is 27.6 Å². The van der Waals surface area contributed by atoms with Gasteiger partial charge in [-0.15, -0.1) is 0 Å². The zero-order chi connectivity index (χ0) is 17.7. The van der Waals surface area contributed by atoms with Crippen LogP contribution >= 0.6 is 0 Å². The number of para-hydroxylation sites is 1. The second kappa shape index (κ2) is 7.06. The van der Waals surface area contributed by atoms with Crippen molar-refractivity contribution < 1.29 is 18.1 Å². The summed E-state index contributed by atoms with van der Waals surface area (Å²) in [6, 6.07) is 10.3. The van der Waals surface area contributed by atoms with Gasteiger partial charge >= 0.3 is 0 Å². The molecule has 9 nitrogen and oxygen atoms in total. The predicted octanol–water partition coefficient (Wildman–Crippen LogP) is 1.70. The Morgan fingerprint density at radius 2 is 2.00 bits per heavy atom. The molecule has 0 aromatic heterocycles. The van der Waals surface area contributed by atoms with Gasteiger partial charge in [-0.1, -0.05) is 12.1 Å². The van der Waals surface area contributed by atoms with Crippen molar-refractivity contribution in [1.82, 2.24) is 0 Å². The molecule has 0 heterocycles. The van der Waals surface area contributed by atoms with Crippen LogP contribution in [-0.4, -0.2) is 26.7 Å². The third-order valence-electron chi connectivity index (χ3n) is 3.02. The number of hydrazone groups is 1. The number of hydrogen-bond donors (Lipinski definition) is 2. The summed E-state index contributed by atoms with van der Waals surface area (Å²) in [6.45, 7) is 0. The number of nitrogens with one attached hydrogen (secondary N) is 1. The first kappa shape index (κ1) is 17.4. The third-order valence-corrected chi connectivity index (χ3v) is 3.93. The fraction of sp³-hybridized carbons (Fsp3) is 0.0714. The monoisotopic (exact) mass is 350 g/mol. The van der Waals surface area contributed by atoms with Crippen molar-refractivity contribution in [2.75, 3.05) is 12.5 Å². The molecule has 24 heavy (non-hydrogen) atoms. The minimum Gasteiger partial charge on any atom is -0.496 e. The number of nitro benzene ring substituents is 1. The highest BCUT2D eigenvalue weighted by Gasteiger charge is 2.18. The fourth-order valence-electron chi connectivity index (χ4n) is 1.88. The molecule has 0 unspecified atom stereocenters. The Kier molecular flexibility index (Phi) is 5.11. The van der Waals surface area contributed by atoms with Gasteiger partial charge in [0.2, 0.25) is 10.0 Å². The van der Waals surface area contributed by atoms with Gasteiger partial charge in [0.05, 0.1) is 23.1 Å². The van der Waals surface area contributed by atoms with Crippen molar-refractivity contribution in [1.29, 1.82) is 0 Å². The summed E-state index contributed by atoms with van der Waals surface area (Å²) >= 11 is 0. The van der Waals surface area contributed by atoms with E-state index in [9.17, 15) is 18.5 Å². The van der Waals surface area contributed by atoms with Crippen LogP contribution in [0.2, 0.25) is 0 Å². The summed E-state index contributed by atoms with van der Waals surface area (Å²) in [5.41, 5.74) is 2.74. The molecule has 0 fully saturated rings. The SMILES string of the molecule is COc1ccccc1/C=N/Nc1ccc(S(N)(=O)=O)cc1[N+](=O)[O-]. The van der Waals surface area contributed by atoms with Crippen LogP contribution in [0.15, 0.2) is 52.5 Å². The topological polar surface area (TPSA) is 137 Å². The maximum atomic E-state index is 11.3. The molecule has 0 aliphatic rings. The summed E-state index contributed by atoms with van der Waals surface area (Å²) in [6.07, 6.45) is 1.43. The number of benzene rings is 2. The van der Waals surface area contributed by atoms with Crippen molar-refractivity contribution in [3.63, 3.8) is 0 Å². The molecule has 0 saturated carbocycles. The lowest BCUT2D eigenvalue weighted by atomic mass is 10.2. The van der Waals surface area contributed by atoms with Crippen molar-refractivity contribution in [2.24, 2.45) is 10.2 Å². The zero-order valence-corrected chi connectivity index (χ0v) is 13.4. The summed E-state index contributed by atoms with van der Waals surface area (Å²) < 4.78 is 27.7. The van der Waals surface area contributed by atoms with Gasteiger partial charge < -0.3 is 4.74 Å². The Bertz CT molecular complexity index is 896. The van der Waals surface area contributed by atoms with Crippen LogP contribution < -0.4 is 15.3 Å². The first-order valence-corrected chi connectivity index (χ1v) is 8.11. The van der Waals surface area contributed by atoms with Gasteiger partial charge in [-0.25, -0.2) is 13.6 Å². The molecule has 0 atom stereocenters. The predicted molar refractivity (Wildman–Crippen MR) is 88.7 cm³/mol. The number of nitro groups is 1. The zero-order valence-electron chi connectivity index (χ0n) is 12.5. The number of nitrogens with two attached hydrogens (primary N) is 1. The maximum Gasteiger partial charge on any atom is 0.295 e. The van der Waals surface area contributed by atoms with Gasteiger partial charge in [0, 0.05) is 11.6 Å². The minimum absolute atomic E-state index is 0.0264. The molecule has 0 saturated heterocycles. The normalized spacial score (nSPS) is 11.4. The number of nitrogens with zero attached hydrogens (tertiary/aromatic N) is 2. The van der Waals surface area contributed by atoms with Gasteiger partial charge in [0.15, 0.2) is 0 Å². The molecule has 0 aliphatic carbocycles. The third kappa shape index (κ3) is 4.06. The summed E-state index contributed by atoms with van der Waals surface area (Å²) in [5.74, 6) is 0.585. The highest BCUT2D eigenvalue weighted by Crippen LogP contribution is 2.27. The van der Waals surface area contributed by atoms with E-state index in [0.29, 0.717) is 11.3 Å². The van der Waals surface area contributed by atoms with Crippen molar-refractivity contribution in [3.8, 4) is 5.75 Å². The van der Waals surface area contributed by atoms with E-state index in [2.05, 4.69) is 10.5 Å².